The van der Waals surface area contributed by atoms with Crippen LogP contribution in [-0.4, -0.2) is 62.6 Å². The van der Waals surface area contributed by atoms with Crippen LogP contribution in [0.25, 0.3) is 0 Å². The summed E-state index contributed by atoms with van der Waals surface area (Å²) in [6.07, 6.45) is 2.44. The Labute approximate surface area is 185 Å². The number of hydrogen-bond acceptors (Lipinski definition) is 4. The van der Waals surface area contributed by atoms with Crippen molar-refractivity contribution < 1.29 is 26.4 Å². The second-order valence-corrected chi connectivity index (χ2v) is 10.8. The zero-order valence-electron chi connectivity index (χ0n) is 17.6. The standard InChI is InChI=1S/C23H25F3N2O3S/c24-19-14-21(26)20(25)13-18(19)22(29)28-10-8-23(16-28)7-4-9-27(15-23)11-12-32(30,31)17-5-2-1-3-6-17/h1-3,5-6,13-14H,4,7-12,15-16H2. The number of nitrogens with zero attached hydrogens (tertiary/aromatic N) is 2. The van der Waals surface area contributed by atoms with Gasteiger partial charge in [-0.05, 0) is 44.0 Å². The van der Waals surface area contributed by atoms with E-state index >= 15 is 0 Å². The number of benzene rings is 2. The molecule has 32 heavy (non-hydrogen) atoms. The van der Waals surface area contributed by atoms with E-state index in [0.29, 0.717) is 49.6 Å². The van der Waals surface area contributed by atoms with Gasteiger partial charge in [-0.2, -0.15) is 0 Å². The SMILES string of the molecule is O=C(c1cc(F)c(F)cc1F)N1CCC2(CCCN(CCS(=O)(=O)c3ccccc3)C2)C1. The molecule has 172 valence electrons. The van der Waals surface area contributed by atoms with E-state index in [4.69, 9.17) is 0 Å². The van der Waals surface area contributed by atoms with Crippen LogP contribution in [-0.2, 0) is 9.84 Å². The number of hydrogen-bond donors (Lipinski definition) is 0. The highest BCUT2D eigenvalue weighted by atomic mass is 32.2. The van der Waals surface area contributed by atoms with E-state index in [1.54, 1.807) is 30.3 Å². The molecule has 5 nitrogen and oxygen atoms in total. The molecular formula is C23H25F3N2O3S. The molecule has 0 aromatic heterocycles. The van der Waals surface area contributed by atoms with E-state index in [0.717, 1.165) is 19.4 Å². The van der Waals surface area contributed by atoms with Crippen LogP contribution in [0.1, 0.15) is 29.6 Å². The number of sulfone groups is 1. The van der Waals surface area contributed by atoms with Crippen LogP contribution in [0.15, 0.2) is 47.4 Å². The van der Waals surface area contributed by atoms with E-state index in [9.17, 15) is 26.4 Å². The number of rotatable bonds is 5. The Balaban J connectivity index is 1.40. The Bertz CT molecular complexity index is 1110. The summed E-state index contributed by atoms with van der Waals surface area (Å²) in [6.45, 7) is 2.59. The van der Waals surface area contributed by atoms with Crippen LogP contribution in [0.4, 0.5) is 13.2 Å². The molecule has 0 N–H and O–H groups in total. The molecule has 0 bridgehead atoms. The van der Waals surface area contributed by atoms with E-state index in [1.807, 2.05) is 0 Å². The molecule has 0 saturated carbocycles. The molecule has 2 aliphatic heterocycles. The summed E-state index contributed by atoms with van der Waals surface area (Å²) < 4.78 is 66.0. The van der Waals surface area contributed by atoms with Gasteiger partial charge >= 0.3 is 0 Å². The minimum Gasteiger partial charge on any atom is -0.338 e. The predicted octanol–water partition coefficient (Wildman–Crippen LogP) is 3.51. The molecule has 0 radical (unpaired) electrons. The van der Waals surface area contributed by atoms with Crippen LogP contribution < -0.4 is 0 Å². The van der Waals surface area contributed by atoms with Gasteiger partial charge in [-0.25, -0.2) is 21.6 Å². The molecule has 2 aromatic carbocycles. The first kappa shape index (κ1) is 22.8. The van der Waals surface area contributed by atoms with Crippen molar-refractivity contribution in [3.63, 3.8) is 0 Å². The number of amides is 1. The van der Waals surface area contributed by atoms with Crippen molar-refractivity contribution in [3.05, 3.63) is 65.5 Å². The van der Waals surface area contributed by atoms with Crippen LogP contribution >= 0.6 is 0 Å². The molecule has 1 amide bonds. The maximum Gasteiger partial charge on any atom is 0.256 e. The van der Waals surface area contributed by atoms with E-state index in [2.05, 4.69) is 4.90 Å². The van der Waals surface area contributed by atoms with Crippen molar-refractivity contribution >= 4 is 15.7 Å². The van der Waals surface area contributed by atoms with Gasteiger partial charge < -0.3 is 9.80 Å². The third-order valence-electron chi connectivity index (χ3n) is 6.48. The molecule has 2 fully saturated rings. The Kier molecular flexibility index (Phi) is 6.31. The monoisotopic (exact) mass is 466 g/mol. The number of halogens is 3. The van der Waals surface area contributed by atoms with Crippen LogP contribution in [0.3, 0.4) is 0 Å². The van der Waals surface area contributed by atoms with Gasteiger partial charge in [-0.1, -0.05) is 18.2 Å². The van der Waals surface area contributed by atoms with Crippen molar-refractivity contribution in [2.75, 3.05) is 38.5 Å². The number of piperidine rings is 1. The third-order valence-corrected chi connectivity index (χ3v) is 8.20. The summed E-state index contributed by atoms with van der Waals surface area (Å²) >= 11 is 0. The van der Waals surface area contributed by atoms with Gasteiger partial charge in [0.2, 0.25) is 0 Å². The van der Waals surface area contributed by atoms with E-state index < -0.39 is 38.8 Å². The molecule has 0 aliphatic carbocycles. The molecule has 2 aromatic rings. The zero-order chi connectivity index (χ0) is 22.9. The minimum atomic E-state index is -3.38. The van der Waals surface area contributed by atoms with Gasteiger partial charge in [0.15, 0.2) is 21.5 Å². The molecule has 2 saturated heterocycles. The Morgan fingerprint density at radius 3 is 2.41 bits per heavy atom. The lowest BCUT2D eigenvalue weighted by Gasteiger charge is -2.40. The van der Waals surface area contributed by atoms with Gasteiger partial charge in [0, 0.05) is 37.7 Å². The molecular weight excluding hydrogens is 441 g/mol. The van der Waals surface area contributed by atoms with Crippen LogP contribution in [0, 0.1) is 22.9 Å². The summed E-state index contributed by atoms with van der Waals surface area (Å²) in [5.41, 5.74) is -0.679. The summed E-state index contributed by atoms with van der Waals surface area (Å²) in [5.74, 6) is -4.30. The first-order valence-corrected chi connectivity index (χ1v) is 12.3. The van der Waals surface area contributed by atoms with Gasteiger partial charge in [-0.15, -0.1) is 0 Å². The first-order chi connectivity index (χ1) is 15.2. The average Bonchev–Trinajstić information content (AvgIpc) is 3.18. The highest BCUT2D eigenvalue weighted by molar-refractivity contribution is 7.91. The van der Waals surface area contributed by atoms with Crippen LogP contribution in [0.5, 0.6) is 0 Å². The number of carbonyl (C=O) groups excluding carboxylic acids is 1. The second kappa shape index (κ2) is 8.86. The fourth-order valence-corrected chi connectivity index (χ4v) is 6.10. The molecule has 1 unspecified atom stereocenters. The summed E-state index contributed by atoms with van der Waals surface area (Å²) in [7, 11) is -3.38. The van der Waals surface area contributed by atoms with Gasteiger partial charge in [0.05, 0.1) is 16.2 Å². The smallest absolute Gasteiger partial charge is 0.256 e. The topological polar surface area (TPSA) is 57.7 Å². The molecule has 1 spiro atoms. The number of carbonyl (C=O) groups is 1. The first-order valence-electron chi connectivity index (χ1n) is 10.6. The Hall–Kier alpha value is -2.39. The quantitative estimate of drug-likeness (QED) is 0.633. The van der Waals surface area contributed by atoms with Gasteiger partial charge in [-0.3, -0.25) is 4.79 Å². The maximum atomic E-state index is 14.1. The van der Waals surface area contributed by atoms with Crippen LogP contribution in [0.2, 0.25) is 0 Å². The number of likely N-dealkylation sites (tertiary alicyclic amines) is 2. The van der Waals surface area contributed by atoms with E-state index in [1.165, 1.54) is 4.90 Å². The molecule has 9 heteroatoms. The molecule has 4 rings (SSSR count). The normalized spacial score (nSPS) is 21.9. The molecule has 2 aliphatic rings. The lowest BCUT2D eigenvalue weighted by Crippen LogP contribution is -2.46. The summed E-state index contributed by atoms with van der Waals surface area (Å²) in [6, 6.07) is 9.34. The largest absolute Gasteiger partial charge is 0.338 e. The maximum absolute atomic E-state index is 14.1. The lowest BCUT2D eigenvalue weighted by molar-refractivity contribution is 0.0696. The van der Waals surface area contributed by atoms with E-state index in [-0.39, 0.29) is 11.2 Å². The fraction of sp³-hybridized carbons (Fsp3) is 0.435. The summed E-state index contributed by atoms with van der Waals surface area (Å²) in [4.78, 5) is 16.7. The molecule has 2 heterocycles. The Morgan fingerprint density at radius 1 is 0.938 bits per heavy atom. The van der Waals surface area contributed by atoms with Crippen molar-refractivity contribution in [2.24, 2.45) is 5.41 Å². The van der Waals surface area contributed by atoms with Crippen molar-refractivity contribution in [2.45, 2.75) is 24.2 Å². The lowest BCUT2D eigenvalue weighted by atomic mass is 9.79. The van der Waals surface area contributed by atoms with Gasteiger partial charge in [0.1, 0.15) is 5.82 Å². The van der Waals surface area contributed by atoms with Gasteiger partial charge in [0.25, 0.3) is 5.91 Å². The van der Waals surface area contributed by atoms with Crippen molar-refractivity contribution in [3.8, 4) is 0 Å². The Morgan fingerprint density at radius 2 is 1.66 bits per heavy atom. The fourth-order valence-electron chi connectivity index (χ4n) is 4.79. The second-order valence-electron chi connectivity index (χ2n) is 8.73. The van der Waals surface area contributed by atoms with Crippen molar-refractivity contribution in [1.29, 1.82) is 0 Å². The predicted molar refractivity (Wildman–Crippen MR) is 113 cm³/mol. The minimum absolute atomic E-state index is 0.00973. The zero-order valence-corrected chi connectivity index (χ0v) is 18.4. The highest BCUT2D eigenvalue weighted by Gasteiger charge is 2.43. The average molecular weight is 467 g/mol. The highest BCUT2D eigenvalue weighted by Crippen LogP contribution is 2.39. The third kappa shape index (κ3) is 4.68. The van der Waals surface area contributed by atoms with Crippen molar-refractivity contribution in [1.82, 2.24) is 9.80 Å². The summed E-state index contributed by atoms with van der Waals surface area (Å²) in [5, 5.41) is 0. The molecule has 1 atom stereocenters.